The van der Waals surface area contributed by atoms with Gasteiger partial charge in [-0.25, -0.2) is 18.6 Å². The van der Waals surface area contributed by atoms with Gasteiger partial charge in [0.1, 0.15) is 0 Å². The number of hydrogen-bond donors (Lipinski definition) is 0. The van der Waals surface area contributed by atoms with Gasteiger partial charge in [-0.3, -0.25) is 0 Å². The molecule has 0 aliphatic heterocycles. The summed E-state index contributed by atoms with van der Waals surface area (Å²) in [5.74, 6) is 0.243. The van der Waals surface area contributed by atoms with Crippen molar-refractivity contribution in [2.45, 2.75) is 25.8 Å². The SMILES string of the molecule is CC(C)Cc1cc2ccccc2[s+]1C(F)(F)F.[O-][Cl+3]([O-])([O-])[O-]. The van der Waals surface area contributed by atoms with E-state index in [2.05, 4.69) is 0 Å². The Hall–Kier alpha value is -0.900. The predicted molar refractivity (Wildman–Crippen MR) is 66.3 cm³/mol. The van der Waals surface area contributed by atoms with Crippen LogP contribution in [0, 0.1) is 16.2 Å². The third kappa shape index (κ3) is 6.07. The van der Waals surface area contributed by atoms with Crippen molar-refractivity contribution < 1.29 is 42.1 Å². The number of fused-ring (bicyclic) bond motifs is 1. The molecular formula is C13H14ClF3O4S. The van der Waals surface area contributed by atoms with Crippen molar-refractivity contribution in [2.24, 2.45) is 5.92 Å². The Labute approximate surface area is 130 Å². The summed E-state index contributed by atoms with van der Waals surface area (Å²) in [5, 5.41) is 0.726. The maximum Gasteiger partial charge on any atom is 0.600 e. The van der Waals surface area contributed by atoms with Crippen molar-refractivity contribution in [3.63, 3.8) is 0 Å². The summed E-state index contributed by atoms with van der Waals surface area (Å²) >= 11 is 0. The van der Waals surface area contributed by atoms with Gasteiger partial charge in [0.05, 0.1) is 10.5 Å². The van der Waals surface area contributed by atoms with Crippen molar-refractivity contribution in [1.82, 2.24) is 0 Å². The Balaban J connectivity index is 0.000000422. The fourth-order valence-electron chi connectivity index (χ4n) is 1.98. The molecule has 0 spiro atoms. The van der Waals surface area contributed by atoms with Gasteiger partial charge in [-0.2, -0.15) is 0 Å². The molecule has 0 fully saturated rings. The average Bonchev–Trinajstić information content (AvgIpc) is 2.62. The second-order valence-electron chi connectivity index (χ2n) is 4.88. The normalized spacial score (nSPS) is 13.3. The van der Waals surface area contributed by atoms with Crippen LogP contribution in [0.4, 0.5) is 13.2 Å². The molecule has 2 aromatic rings. The maximum atomic E-state index is 13.1. The Morgan fingerprint density at radius 1 is 1.09 bits per heavy atom. The lowest BCUT2D eigenvalue weighted by molar-refractivity contribution is -2.00. The number of rotatable bonds is 2. The number of halogens is 4. The van der Waals surface area contributed by atoms with Crippen LogP contribution in [0.3, 0.4) is 0 Å². The van der Waals surface area contributed by atoms with Gasteiger partial charge in [0.25, 0.3) is 0 Å². The Bertz CT molecular complexity index is 614. The lowest BCUT2D eigenvalue weighted by Crippen LogP contribution is -2.68. The molecule has 2 rings (SSSR count). The molecule has 1 unspecified atom stereocenters. The number of benzene rings is 1. The molecule has 1 aromatic carbocycles. The van der Waals surface area contributed by atoms with Crippen LogP contribution in [0.1, 0.15) is 18.7 Å². The fourth-order valence-corrected chi connectivity index (χ4v) is 4.13. The van der Waals surface area contributed by atoms with E-state index >= 15 is 0 Å². The highest BCUT2D eigenvalue weighted by Crippen LogP contribution is 2.51. The first-order valence-electron chi connectivity index (χ1n) is 6.12. The maximum absolute atomic E-state index is 13.1. The van der Waals surface area contributed by atoms with E-state index in [0.29, 0.717) is 16.0 Å². The minimum atomic E-state index is -4.94. The zero-order chi connectivity index (χ0) is 17.1. The first-order valence-corrected chi connectivity index (χ1v) is 8.58. The van der Waals surface area contributed by atoms with E-state index in [1.807, 2.05) is 13.8 Å². The van der Waals surface area contributed by atoms with Crippen molar-refractivity contribution >= 4 is 20.6 Å². The van der Waals surface area contributed by atoms with Gasteiger partial charge in [0, 0.05) is 17.9 Å². The van der Waals surface area contributed by atoms with Crippen molar-refractivity contribution in [1.29, 1.82) is 0 Å². The van der Waals surface area contributed by atoms with Gasteiger partial charge in [0.15, 0.2) is 9.58 Å². The molecule has 124 valence electrons. The van der Waals surface area contributed by atoms with Gasteiger partial charge >= 0.3 is 5.51 Å². The lowest BCUT2D eigenvalue weighted by atomic mass is 10.1. The largest absolute Gasteiger partial charge is 0.600 e. The second kappa shape index (κ2) is 7.12. The molecule has 22 heavy (non-hydrogen) atoms. The van der Waals surface area contributed by atoms with E-state index in [0.717, 1.165) is 5.39 Å². The van der Waals surface area contributed by atoms with Crippen LogP contribution < -0.4 is 18.6 Å². The molecule has 0 saturated carbocycles. The predicted octanol–water partition coefficient (Wildman–Crippen LogP) is 0.508. The smallest absolute Gasteiger partial charge is 0.222 e. The summed E-state index contributed by atoms with van der Waals surface area (Å²) in [5.41, 5.74) is -4.16. The zero-order valence-electron chi connectivity index (χ0n) is 11.7. The summed E-state index contributed by atoms with van der Waals surface area (Å²) in [4.78, 5) is 0.522. The number of alkyl halides is 3. The Morgan fingerprint density at radius 3 is 2.05 bits per heavy atom. The molecule has 4 nitrogen and oxygen atoms in total. The van der Waals surface area contributed by atoms with Crippen LogP contribution in [0.15, 0.2) is 30.3 Å². The highest BCUT2D eigenvalue weighted by atomic mass is 35.7. The monoisotopic (exact) mass is 358 g/mol. The first-order chi connectivity index (χ1) is 9.89. The third-order valence-corrected chi connectivity index (χ3v) is 4.64. The van der Waals surface area contributed by atoms with E-state index in [1.54, 1.807) is 30.3 Å². The molecule has 0 amide bonds. The minimum absolute atomic E-state index is 0.243. The summed E-state index contributed by atoms with van der Waals surface area (Å²) in [6.07, 6.45) is 0.511. The van der Waals surface area contributed by atoms with E-state index in [1.165, 1.54) is 0 Å². The van der Waals surface area contributed by atoms with Crippen molar-refractivity contribution in [2.75, 3.05) is 0 Å². The fraction of sp³-hybridized carbons (Fsp3) is 0.385. The van der Waals surface area contributed by atoms with E-state index < -0.39 is 26.2 Å². The molecule has 1 aromatic heterocycles. The van der Waals surface area contributed by atoms with Crippen molar-refractivity contribution in [3.05, 3.63) is 35.2 Å². The van der Waals surface area contributed by atoms with Crippen LogP contribution in [-0.4, -0.2) is 0 Å². The van der Waals surface area contributed by atoms with Gasteiger partial charge in [-0.1, -0.05) is 26.0 Å². The summed E-state index contributed by atoms with van der Waals surface area (Å²) in [6.45, 7) is 3.89. The second-order valence-corrected chi connectivity index (χ2v) is 7.67. The molecule has 0 aliphatic rings. The molecule has 0 bridgehead atoms. The van der Waals surface area contributed by atoms with Gasteiger partial charge < -0.3 is 0 Å². The topological polar surface area (TPSA) is 92.2 Å². The minimum Gasteiger partial charge on any atom is -0.222 e. The van der Waals surface area contributed by atoms with E-state index in [9.17, 15) is 13.2 Å². The van der Waals surface area contributed by atoms with Crippen LogP contribution >= 0.6 is 10.5 Å². The molecule has 9 heteroatoms. The van der Waals surface area contributed by atoms with Crippen LogP contribution in [0.5, 0.6) is 0 Å². The first kappa shape index (κ1) is 19.1. The molecule has 1 atom stereocenters. The summed E-state index contributed by atoms with van der Waals surface area (Å²) in [7, 11) is -6.66. The Kier molecular flexibility index (Phi) is 6.19. The average molecular weight is 359 g/mol. The molecule has 0 saturated heterocycles. The molecular weight excluding hydrogens is 345 g/mol. The van der Waals surface area contributed by atoms with Crippen LogP contribution in [0.25, 0.3) is 10.1 Å². The quantitative estimate of drug-likeness (QED) is 0.731. The highest BCUT2D eigenvalue weighted by Gasteiger charge is 2.47. The highest BCUT2D eigenvalue weighted by molar-refractivity contribution is 7.38. The Morgan fingerprint density at radius 2 is 1.59 bits per heavy atom. The molecule has 0 aliphatic carbocycles. The number of thiophene rings is 1. The van der Waals surface area contributed by atoms with Crippen LogP contribution in [-0.2, 0) is 11.9 Å². The summed E-state index contributed by atoms with van der Waals surface area (Å²) < 4.78 is 73.7. The van der Waals surface area contributed by atoms with Gasteiger partial charge in [-0.15, -0.1) is 23.4 Å². The molecule has 1 heterocycles. The molecule has 0 radical (unpaired) electrons. The van der Waals surface area contributed by atoms with Gasteiger partial charge in [-0.05, 0) is 18.1 Å². The van der Waals surface area contributed by atoms with Gasteiger partial charge in [0.2, 0.25) is 0 Å². The molecule has 0 N–H and O–H groups in total. The number of hydrogen-bond acceptors (Lipinski definition) is 4. The summed E-state index contributed by atoms with van der Waals surface area (Å²) in [6, 6.07) is 8.53. The lowest BCUT2D eigenvalue weighted by Gasteiger charge is -2.17. The third-order valence-electron chi connectivity index (χ3n) is 2.56. The van der Waals surface area contributed by atoms with E-state index in [-0.39, 0.29) is 5.92 Å². The standard InChI is InChI=1S/C13H14F3S.ClHO4/c1-9(2)7-11-8-10-5-3-4-6-12(10)17(11)13(14,15)16;2-1(3,4)5/h3-6,8-9H,7H2,1-2H3;(H,2,3,4,5)/q+1;/p-1. The van der Waals surface area contributed by atoms with E-state index in [4.69, 9.17) is 18.6 Å². The van der Waals surface area contributed by atoms with Crippen molar-refractivity contribution in [3.8, 4) is 0 Å². The zero-order valence-corrected chi connectivity index (χ0v) is 13.3. The van der Waals surface area contributed by atoms with Crippen LogP contribution in [0.2, 0.25) is 0 Å².